The Morgan fingerprint density at radius 3 is 2.71 bits per heavy atom. The SMILES string of the molecule is CNc1nc2ccc3nc(/C(C)=C/c4cccc(C(=N)N)c4)[nH]c(=O)c3c2n1C.ClC1=CC=CCC(Cl)=C1. The van der Waals surface area contributed by atoms with E-state index in [1.165, 1.54) is 0 Å². The van der Waals surface area contributed by atoms with E-state index >= 15 is 0 Å². The highest BCUT2D eigenvalue weighted by molar-refractivity contribution is 6.34. The van der Waals surface area contributed by atoms with Crippen LogP contribution < -0.4 is 16.6 Å². The van der Waals surface area contributed by atoms with Crippen molar-refractivity contribution in [1.29, 1.82) is 5.41 Å². The van der Waals surface area contributed by atoms with Gasteiger partial charge in [0, 0.05) is 36.1 Å². The maximum Gasteiger partial charge on any atom is 0.261 e. The molecule has 0 bridgehead atoms. The number of fused-ring (bicyclic) bond motifs is 3. The van der Waals surface area contributed by atoms with E-state index in [9.17, 15) is 4.79 Å². The molecule has 0 spiro atoms. The summed E-state index contributed by atoms with van der Waals surface area (Å²) in [4.78, 5) is 25.0. The Morgan fingerprint density at radius 1 is 1.21 bits per heavy atom. The molecule has 1 aliphatic rings. The van der Waals surface area contributed by atoms with Gasteiger partial charge in [0.15, 0.2) is 0 Å². The maximum atomic E-state index is 12.9. The number of hydrogen-bond donors (Lipinski definition) is 4. The number of imidazole rings is 1. The van der Waals surface area contributed by atoms with Crippen LogP contribution >= 0.6 is 23.2 Å². The lowest BCUT2D eigenvalue weighted by Crippen LogP contribution is -2.12. The number of anilines is 1. The highest BCUT2D eigenvalue weighted by Crippen LogP contribution is 2.25. The fourth-order valence-electron chi connectivity index (χ4n) is 4.05. The number of amidine groups is 1. The maximum absolute atomic E-state index is 12.9. The first-order valence-corrected chi connectivity index (χ1v) is 12.5. The van der Waals surface area contributed by atoms with E-state index < -0.39 is 0 Å². The number of H-pyrrole nitrogens is 1. The molecule has 0 saturated carbocycles. The Balaban J connectivity index is 0.000000317. The number of benzene rings is 2. The molecule has 4 aromatic rings. The predicted octanol–water partition coefficient (Wildman–Crippen LogP) is 5.89. The second-order valence-corrected chi connectivity index (χ2v) is 9.55. The van der Waals surface area contributed by atoms with Gasteiger partial charge < -0.3 is 20.6 Å². The molecule has 38 heavy (non-hydrogen) atoms. The number of nitrogen functional groups attached to an aromatic ring is 1. The van der Waals surface area contributed by atoms with E-state index in [-0.39, 0.29) is 11.4 Å². The molecule has 0 fully saturated rings. The minimum Gasteiger partial charge on any atom is -0.384 e. The molecule has 5 N–H and O–H groups in total. The van der Waals surface area contributed by atoms with Crippen molar-refractivity contribution in [3.05, 3.63) is 98.1 Å². The number of rotatable bonds is 4. The summed E-state index contributed by atoms with van der Waals surface area (Å²) in [6.07, 6.45) is 10.1. The van der Waals surface area contributed by atoms with Crippen molar-refractivity contribution < 1.29 is 0 Å². The minimum absolute atomic E-state index is 0.0104. The smallest absolute Gasteiger partial charge is 0.261 e. The quantitative estimate of drug-likeness (QED) is 0.187. The summed E-state index contributed by atoms with van der Waals surface area (Å²) in [7, 11) is 3.65. The molecular formula is C28H27Cl2N7O. The molecule has 2 heterocycles. The molecule has 2 aromatic carbocycles. The van der Waals surface area contributed by atoms with E-state index in [1.807, 2.05) is 73.2 Å². The van der Waals surface area contributed by atoms with Crippen LogP contribution in [-0.4, -0.2) is 32.4 Å². The zero-order valence-corrected chi connectivity index (χ0v) is 22.7. The van der Waals surface area contributed by atoms with Gasteiger partial charge in [-0.1, -0.05) is 53.6 Å². The standard InChI is InChI=1S/C21H21N7O.C7H6Cl2/c1-11(9-12-5-4-6-13(10-12)18(22)23)19-25-14-7-8-15-17(16(14)20(29)27-19)28(3)21(24-2)26-15;8-6-3-1-2-4-7(9)5-6/h4-10H,1-3H3,(H3,22,23)(H,24,26)(H,25,27,29);1-3,5H,4H2/b11-9+;. The lowest BCUT2D eigenvalue weighted by molar-refractivity contribution is 0.954. The number of nitrogens with zero attached hydrogens (tertiary/aromatic N) is 3. The summed E-state index contributed by atoms with van der Waals surface area (Å²) in [5.74, 6) is 1.18. The lowest BCUT2D eigenvalue weighted by atomic mass is 10.1. The Kier molecular flexibility index (Phi) is 8.14. The topological polar surface area (TPSA) is 125 Å². The third kappa shape index (κ3) is 5.88. The van der Waals surface area contributed by atoms with Crippen molar-refractivity contribution in [3.8, 4) is 0 Å². The van der Waals surface area contributed by atoms with E-state index in [4.69, 9.17) is 34.3 Å². The number of halogens is 2. The summed E-state index contributed by atoms with van der Waals surface area (Å²) in [5.41, 5.74) is 9.74. The highest BCUT2D eigenvalue weighted by atomic mass is 35.5. The van der Waals surface area contributed by atoms with Gasteiger partial charge in [0.05, 0.1) is 21.9 Å². The van der Waals surface area contributed by atoms with E-state index in [1.54, 1.807) is 19.2 Å². The molecule has 8 nitrogen and oxygen atoms in total. The van der Waals surface area contributed by atoms with Crippen LogP contribution in [0.4, 0.5) is 5.95 Å². The normalized spacial score (nSPS) is 13.4. The zero-order chi connectivity index (χ0) is 27.4. The molecule has 2 aromatic heterocycles. The molecule has 0 atom stereocenters. The van der Waals surface area contributed by atoms with Crippen molar-refractivity contribution in [2.75, 3.05) is 12.4 Å². The molecular weight excluding hydrogens is 521 g/mol. The van der Waals surface area contributed by atoms with Crippen molar-refractivity contribution >= 4 is 68.6 Å². The van der Waals surface area contributed by atoms with Gasteiger partial charge in [-0.3, -0.25) is 10.2 Å². The molecule has 194 valence electrons. The fourth-order valence-corrected chi connectivity index (χ4v) is 4.52. The summed E-state index contributed by atoms with van der Waals surface area (Å²) in [6.45, 7) is 1.88. The minimum atomic E-state index is -0.216. The van der Waals surface area contributed by atoms with Gasteiger partial charge in [-0.05, 0) is 54.5 Å². The average Bonchev–Trinajstić information content (AvgIpc) is 3.09. The third-order valence-electron chi connectivity index (χ3n) is 5.88. The van der Waals surface area contributed by atoms with Crippen LogP contribution in [0.3, 0.4) is 0 Å². The van der Waals surface area contributed by atoms with Gasteiger partial charge in [0.2, 0.25) is 5.95 Å². The monoisotopic (exact) mass is 547 g/mol. The summed E-state index contributed by atoms with van der Waals surface area (Å²) >= 11 is 11.4. The van der Waals surface area contributed by atoms with Crippen LogP contribution in [0.5, 0.6) is 0 Å². The number of hydrogen-bond acceptors (Lipinski definition) is 5. The van der Waals surface area contributed by atoms with Crippen molar-refractivity contribution in [3.63, 3.8) is 0 Å². The first-order valence-electron chi connectivity index (χ1n) is 11.8. The van der Waals surface area contributed by atoms with Gasteiger partial charge >= 0.3 is 0 Å². The van der Waals surface area contributed by atoms with Crippen molar-refractivity contribution in [2.45, 2.75) is 13.3 Å². The van der Waals surface area contributed by atoms with Crippen LogP contribution in [0.2, 0.25) is 0 Å². The Bertz CT molecular complexity index is 1720. The van der Waals surface area contributed by atoms with Crippen LogP contribution in [0, 0.1) is 5.41 Å². The molecule has 0 saturated heterocycles. The Hall–Kier alpha value is -4.14. The number of aryl methyl sites for hydroxylation is 1. The van der Waals surface area contributed by atoms with Gasteiger partial charge in [-0.15, -0.1) is 0 Å². The highest BCUT2D eigenvalue weighted by Gasteiger charge is 2.15. The van der Waals surface area contributed by atoms with Crippen LogP contribution in [-0.2, 0) is 7.05 Å². The van der Waals surface area contributed by atoms with Gasteiger partial charge in [0.25, 0.3) is 5.56 Å². The average molecular weight is 548 g/mol. The number of allylic oxidation sites excluding steroid dienone is 7. The van der Waals surface area contributed by atoms with Gasteiger partial charge in [-0.2, -0.15) is 0 Å². The third-order valence-corrected chi connectivity index (χ3v) is 6.38. The molecule has 0 unspecified atom stereocenters. The Morgan fingerprint density at radius 2 is 1.97 bits per heavy atom. The van der Waals surface area contributed by atoms with Gasteiger partial charge in [0.1, 0.15) is 11.7 Å². The van der Waals surface area contributed by atoms with E-state index in [0.29, 0.717) is 33.3 Å². The van der Waals surface area contributed by atoms with Crippen molar-refractivity contribution in [2.24, 2.45) is 12.8 Å². The number of nitrogens with one attached hydrogen (secondary N) is 3. The lowest BCUT2D eigenvalue weighted by Gasteiger charge is -2.06. The van der Waals surface area contributed by atoms with E-state index in [2.05, 4.69) is 20.3 Å². The van der Waals surface area contributed by atoms with Crippen molar-refractivity contribution in [1.82, 2.24) is 19.5 Å². The molecule has 10 heteroatoms. The first kappa shape index (κ1) is 26.9. The molecule has 0 amide bonds. The van der Waals surface area contributed by atoms with Crippen LogP contribution in [0.1, 0.15) is 30.3 Å². The van der Waals surface area contributed by atoms with Crippen LogP contribution in [0.25, 0.3) is 33.6 Å². The zero-order valence-electron chi connectivity index (χ0n) is 21.1. The number of aromatic nitrogens is 4. The van der Waals surface area contributed by atoms with Gasteiger partial charge in [-0.25, -0.2) is 9.97 Å². The number of nitrogens with two attached hydrogens (primary N) is 1. The molecule has 0 radical (unpaired) electrons. The largest absolute Gasteiger partial charge is 0.384 e. The summed E-state index contributed by atoms with van der Waals surface area (Å²) in [5, 5.41) is 12.6. The van der Waals surface area contributed by atoms with E-state index in [0.717, 1.165) is 33.6 Å². The molecule has 1 aliphatic carbocycles. The second-order valence-electron chi connectivity index (χ2n) is 8.63. The summed E-state index contributed by atoms with van der Waals surface area (Å²) < 4.78 is 1.85. The number of aromatic amines is 1. The van der Waals surface area contributed by atoms with Crippen LogP contribution in [0.15, 0.2) is 75.6 Å². The summed E-state index contributed by atoms with van der Waals surface area (Å²) in [6, 6.07) is 11.0. The fraction of sp³-hybridized carbons (Fsp3) is 0.143. The molecule has 5 rings (SSSR count). The predicted molar refractivity (Wildman–Crippen MR) is 159 cm³/mol. The Labute approximate surface area is 229 Å². The second kappa shape index (κ2) is 11.5. The first-order chi connectivity index (χ1) is 18.2. The molecule has 0 aliphatic heterocycles.